The first-order valence-corrected chi connectivity index (χ1v) is 11.5. The van der Waals surface area contributed by atoms with Crippen molar-refractivity contribution in [3.63, 3.8) is 0 Å². The van der Waals surface area contributed by atoms with Crippen molar-refractivity contribution >= 4 is 33.8 Å². The summed E-state index contributed by atoms with van der Waals surface area (Å²) in [6.45, 7) is 6.06. The Morgan fingerprint density at radius 3 is 2.84 bits per heavy atom. The summed E-state index contributed by atoms with van der Waals surface area (Å²) in [6.07, 6.45) is 4.55. The molecule has 0 saturated carbocycles. The minimum Gasteiger partial charge on any atom is -0.383 e. The number of aromatic nitrogens is 6. The normalized spacial score (nSPS) is 17.1. The van der Waals surface area contributed by atoms with E-state index in [-0.39, 0.29) is 59.1 Å². The van der Waals surface area contributed by atoms with Crippen molar-refractivity contribution < 1.29 is 13.6 Å². The van der Waals surface area contributed by atoms with Gasteiger partial charge in [0.25, 0.3) is 0 Å². The average Bonchev–Trinajstić information content (AvgIpc) is 3.60. The Hall–Kier alpha value is -4.84. The number of hydrogen-bond acceptors (Lipinski definition) is 7. The molecule has 0 bridgehead atoms. The predicted molar refractivity (Wildman–Crippen MR) is 131 cm³/mol. The lowest BCUT2D eigenvalue weighted by Gasteiger charge is -2.20. The first-order valence-electron chi connectivity index (χ1n) is 11.5. The summed E-state index contributed by atoms with van der Waals surface area (Å²) in [5.74, 6) is 3.17. The standard InChI is InChI=1S/C25H21F2N9O/c1-3-19(37)35-11-16(10-15(35)7-8-28)36-25-20(24(29)30-12-31-25)17(33-36)6-5-14-9-18-23(22(27)21(14)26)34(4-2)13-32-18/h3,9,12-13,15-16H,1,4,7,10-11H2,2H3,(H2,29,30,31)/t15-,16?/m0/s1. The summed E-state index contributed by atoms with van der Waals surface area (Å²) in [6, 6.07) is 2.85. The van der Waals surface area contributed by atoms with Crippen LogP contribution in [0.2, 0.25) is 0 Å². The van der Waals surface area contributed by atoms with Crippen LogP contribution < -0.4 is 5.73 Å². The quantitative estimate of drug-likeness (QED) is 0.336. The summed E-state index contributed by atoms with van der Waals surface area (Å²) in [7, 11) is 0. The number of aryl methyl sites for hydroxylation is 1. The van der Waals surface area contributed by atoms with E-state index in [0.29, 0.717) is 24.0 Å². The predicted octanol–water partition coefficient (Wildman–Crippen LogP) is 2.70. The molecule has 1 aliphatic heterocycles. The molecule has 5 rings (SSSR count). The molecule has 186 valence electrons. The van der Waals surface area contributed by atoms with Crippen molar-refractivity contribution in [3.8, 4) is 17.9 Å². The number of nitriles is 1. The molecule has 1 saturated heterocycles. The molecule has 4 aromatic rings. The zero-order valence-electron chi connectivity index (χ0n) is 19.8. The van der Waals surface area contributed by atoms with Crippen molar-refractivity contribution in [2.75, 3.05) is 12.3 Å². The highest BCUT2D eigenvalue weighted by Gasteiger charge is 2.37. The van der Waals surface area contributed by atoms with Crippen LogP contribution >= 0.6 is 0 Å². The lowest BCUT2D eigenvalue weighted by Crippen LogP contribution is -2.34. The lowest BCUT2D eigenvalue weighted by molar-refractivity contribution is -0.126. The van der Waals surface area contributed by atoms with Crippen LogP contribution in [0.1, 0.15) is 37.1 Å². The Morgan fingerprint density at radius 1 is 1.30 bits per heavy atom. The molecular formula is C25H21F2N9O. The topological polar surface area (TPSA) is 132 Å². The molecule has 0 radical (unpaired) electrons. The molecule has 0 spiro atoms. The smallest absolute Gasteiger partial charge is 0.246 e. The highest BCUT2D eigenvalue weighted by molar-refractivity contribution is 5.91. The Bertz CT molecular complexity index is 1670. The van der Waals surface area contributed by atoms with E-state index in [1.165, 1.54) is 29.4 Å². The van der Waals surface area contributed by atoms with Gasteiger partial charge >= 0.3 is 0 Å². The van der Waals surface area contributed by atoms with Gasteiger partial charge in [0, 0.05) is 19.1 Å². The summed E-state index contributed by atoms with van der Waals surface area (Å²) in [4.78, 5) is 26.4. The number of benzene rings is 1. The second-order valence-electron chi connectivity index (χ2n) is 8.55. The third-order valence-electron chi connectivity index (χ3n) is 6.48. The number of imidazole rings is 1. The van der Waals surface area contributed by atoms with E-state index in [0.717, 1.165) is 0 Å². The molecule has 0 aliphatic carbocycles. The number of likely N-dealkylation sites (tertiary alicyclic amines) is 1. The van der Waals surface area contributed by atoms with E-state index in [9.17, 15) is 18.8 Å². The number of rotatable bonds is 4. The molecule has 1 aromatic carbocycles. The van der Waals surface area contributed by atoms with E-state index in [4.69, 9.17) is 5.73 Å². The zero-order chi connectivity index (χ0) is 26.3. The number of nitrogens with two attached hydrogens (primary N) is 1. The molecular weight excluding hydrogens is 480 g/mol. The van der Waals surface area contributed by atoms with Crippen LogP contribution in [0.3, 0.4) is 0 Å². The largest absolute Gasteiger partial charge is 0.383 e. The number of fused-ring (bicyclic) bond motifs is 2. The summed E-state index contributed by atoms with van der Waals surface area (Å²) >= 11 is 0. The average molecular weight is 502 g/mol. The van der Waals surface area contributed by atoms with Gasteiger partial charge in [0.2, 0.25) is 5.91 Å². The molecule has 2 atom stereocenters. The van der Waals surface area contributed by atoms with Gasteiger partial charge in [0.1, 0.15) is 23.4 Å². The molecule has 2 N–H and O–H groups in total. The second-order valence-corrected chi connectivity index (χ2v) is 8.55. The summed E-state index contributed by atoms with van der Waals surface area (Å²) < 4.78 is 32.8. The van der Waals surface area contributed by atoms with E-state index < -0.39 is 11.6 Å². The molecule has 4 heterocycles. The van der Waals surface area contributed by atoms with Gasteiger partial charge < -0.3 is 15.2 Å². The van der Waals surface area contributed by atoms with E-state index in [2.05, 4.69) is 44.5 Å². The fourth-order valence-electron chi connectivity index (χ4n) is 4.71. The number of nitrogens with zero attached hydrogens (tertiary/aromatic N) is 8. The molecule has 37 heavy (non-hydrogen) atoms. The van der Waals surface area contributed by atoms with Crippen LogP contribution in [0.4, 0.5) is 14.6 Å². The Morgan fingerprint density at radius 2 is 2.11 bits per heavy atom. The molecule has 10 nitrogen and oxygen atoms in total. The van der Waals surface area contributed by atoms with Crippen molar-refractivity contribution in [3.05, 3.63) is 54.3 Å². The molecule has 12 heteroatoms. The van der Waals surface area contributed by atoms with Gasteiger partial charge in [-0.3, -0.25) is 4.79 Å². The minimum absolute atomic E-state index is 0.0738. The highest BCUT2D eigenvalue weighted by Crippen LogP contribution is 2.33. The summed E-state index contributed by atoms with van der Waals surface area (Å²) in [5, 5.41) is 14.1. The van der Waals surface area contributed by atoms with Gasteiger partial charge in [-0.2, -0.15) is 10.4 Å². The third kappa shape index (κ3) is 3.93. The number of hydrogen-bond donors (Lipinski definition) is 1. The highest BCUT2D eigenvalue weighted by atomic mass is 19.2. The number of halogens is 2. The number of nitrogen functional groups attached to an aromatic ring is 1. The van der Waals surface area contributed by atoms with Crippen molar-refractivity contribution in [2.24, 2.45) is 0 Å². The maximum absolute atomic E-state index is 14.9. The summed E-state index contributed by atoms with van der Waals surface area (Å²) in [5.41, 5.74) is 6.86. The van der Waals surface area contributed by atoms with Crippen LogP contribution in [0, 0.1) is 34.8 Å². The van der Waals surface area contributed by atoms with E-state index >= 15 is 0 Å². The second kappa shape index (κ2) is 9.32. The fourth-order valence-corrected chi connectivity index (χ4v) is 4.71. The maximum atomic E-state index is 14.9. The Kier molecular flexibility index (Phi) is 6.01. The Balaban J connectivity index is 1.59. The fraction of sp³-hybridized carbons (Fsp3) is 0.280. The van der Waals surface area contributed by atoms with Gasteiger partial charge in [-0.1, -0.05) is 12.5 Å². The SMILES string of the molecule is C=CC(=O)N1CC(n2nc(C#Cc3cc4ncn(CC)c4c(F)c3F)c3c(N)ncnc32)C[C@@H]1CC#N. The number of amides is 1. The van der Waals surface area contributed by atoms with Crippen molar-refractivity contribution in [1.82, 2.24) is 34.2 Å². The number of carbonyl (C=O) groups is 1. The Labute approximate surface area is 210 Å². The van der Waals surface area contributed by atoms with Crippen LogP contribution in [0.5, 0.6) is 0 Å². The molecule has 1 fully saturated rings. The maximum Gasteiger partial charge on any atom is 0.246 e. The van der Waals surface area contributed by atoms with Gasteiger partial charge in [-0.15, -0.1) is 0 Å². The molecule has 3 aromatic heterocycles. The first-order chi connectivity index (χ1) is 17.9. The monoisotopic (exact) mass is 501 g/mol. The van der Waals surface area contributed by atoms with Gasteiger partial charge in [0.05, 0.1) is 41.3 Å². The van der Waals surface area contributed by atoms with Gasteiger partial charge in [-0.05, 0) is 31.4 Å². The van der Waals surface area contributed by atoms with Crippen molar-refractivity contribution in [2.45, 2.75) is 38.4 Å². The van der Waals surface area contributed by atoms with Crippen LogP contribution in [-0.2, 0) is 11.3 Å². The molecule has 1 aliphatic rings. The van der Waals surface area contributed by atoms with E-state index in [1.807, 2.05) is 0 Å². The molecule has 1 unspecified atom stereocenters. The first kappa shape index (κ1) is 23.9. The minimum atomic E-state index is -1.09. The van der Waals surface area contributed by atoms with Gasteiger partial charge in [-0.25, -0.2) is 28.4 Å². The van der Waals surface area contributed by atoms with Crippen molar-refractivity contribution in [1.29, 1.82) is 5.26 Å². The van der Waals surface area contributed by atoms with Crippen LogP contribution in [0.15, 0.2) is 31.4 Å². The van der Waals surface area contributed by atoms with Gasteiger partial charge in [0.15, 0.2) is 17.3 Å². The third-order valence-corrected chi connectivity index (χ3v) is 6.48. The van der Waals surface area contributed by atoms with Crippen LogP contribution in [0.25, 0.3) is 22.1 Å². The number of anilines is 1. The molecule has 1 amide bonds. The van der Waals surface area contributed by atoms with Crippen LogP contribution in [-0.4, -0.2) is 52.7 Å². The number of carbonyl (C=O) groups excluding carboxylic acids is 1. The zero-order valence-corrected chi connectivity index (χ0v) is 19.8. The lowest BCUT2D eigenvalue weighted by atomic mass is 10.1. The van der Waals surface area contributed by atoms with E-state index in [1.54, 1.807) is 16.5 Å².